The zero-order valence-electron chi connectivity index (χ0n) is 18.8. The molecule has 6 nitrogen and oxygen atoms in total. The molecule has 6 heteroatoms. The summed E-state index contributed by atoms with van der Waals surface area (Å²) in [7, 11) is 0. The maximum atomic E-state index is 9.10. The number of carbonyl (C=O) groups is 2. The van der Waals surface area contributed by atoms with Gasteiger partial charge in [0.1, 0.15) is 0 Å². The molecule has 4 aliphatic rings. The molecular formula is C26H36N2O4. The molecule has 3 unspecified atom stereocenters. The molecule has 174 valence electrons. The van der Waals surface area contributed by atoms with E-state index < -0.39 is 11.9 Å². The Morgan fingerprint density at radius 1 is 0.844 bits per heavy atom. The van der Waals surface area contributed by atoms with Crippen LogP contribution < -0.4 is 0 Å². The number of piperazine rings is 1. The maximum Gasteiger partial charge on any atom is 0.414 e. The molecule has 0 spiro atoms. The molecule has 0 radical (unpaired) electrons. The smallest absolute Gasteiger partial charge is 0.414 e. The Kier molecular flexibility index (Phi) is 7.63. The van der Waals surface area contributed by atoms with Gasteiger partial charge in [-0.25, -0.2) is 9.59 Å². The van der Waals surface area contributed by atoms with Crippen molar-refractivity contribution in [3.63, 3.8) is 0 Å². The highest BCUT2D eigenvalue weighted by atomic mass is 16.4. The largest absolute Gasteiger partial charge is 0.473 e. The molecule has 3 aliphatic carbocycles. The minimum atomic E-state index is -1.82. The van der Waals surface area contributed by atoms with Crippen molar-refractivity contribution in [3.8, 4) is 0 Å². The fourth-order valence-electron chi connectivity index (χ4n) is 6.25. The maximum absolute atomic E-state index is 9.10. The van der Waals surface area contributed by atoms with Gasteiger partial charge in [0.25, 0.3) is 0 Å². The predicted molar refractivity (Wildman–Crippen MR) is 124 cm³/mol. The van der Waals surface area contributed by atoms with Crippen molar-refractivity contribution in [2.45, 2.75) is 50.5 Å². The predicted octanol–water partition coefficient (Wildman–Crippen LogP) is 3.70. The second kappa shape index (κ2) is 10.6. The van der Waals surface area contributed by atoms with E-state index in [9.17, 15) is 0 Å². The average Bonchev–Trinajstić information content (AvgIpc) is 3.44. The summed E-state index contributed by atoms with van der Waals surface area (Å²) in [6, 6.07) is 12.0. The van der Waals surface area contributed by atoms with Gasteiger partial charge in [0.2, 0.25) is 0 Å². The number of rotatable bonds is 4. The van der Waals surface area contributed by atoms with Crippen LogP contribution >= 0.6 is 0 Å². The second-order valence-corrected chi connectivity index (χ2v) is 9.90. The normalized spacial score (nSPS) is 32.3. The number of nitrogens with zero attached hydrogens (tertiary/aromatic N) is 2. The Balaban J connectivity index is 0.000000363. The first kappa shape index (κ1) is 23.0. The van der Waals surface area contributed by atoms with Crippen LogP contribution in [0, 0.1) is 17.8 Å². The summed E-state index contributed by atoms with van der Waals surface area (Å²) < 4.78 is 0. The molecule has 3 fully saturated rings. The van der Waals surface area contributed by atoms with Gasteiger partial charge >= 0.3 is 11.9 Å². The molecule has 1 aliphatic heterocycles. The van der Waals surface area contributed by atoms with Crippen molar-refractivity contribution in [1.82, 2.24) is 9.80 Å². The molecule has 2 saturated carbocycles. The fraction of sp³-hybridized carbons (Fsp3) is 0.615. The molecule has 1 aromatic carbocycles. The molecular weight excluding hydrogens is 404 g/mol. The van der Waals surface area contributed by atoms with Crippen LogP contribution in [0.2, 0.25) is 0 Å². The number of carboxylic acid groups (broad SMARTS) is 2. The Morgan fingerprint density at radius 2 is 1.50 bits per heavy atom. The number of allylic oxidation sites excluding steroid dienone is 2. The van der Waals surface area contributed by atoms with Crippen LogP contribution in [0.3, 0.4) is 0 Å². The van der Waals surface area contributed by atoms with Gasteiger partial charge in [0.15, 0.2) is 0 Å². The standard InChI is InChI=1S/C24H34N2.C2H2O4/c1-2-4-20(5-3-1)21-8-10-24(11-9-21)26-14-12-25(13-15-26)18-23-17-19-6-7-22(23)16-19;3-1(4)2(5)6/h1-7,19,21-24H,8-18H2;(H,3,4)(H,5,6). The minimum absolute atomic E-state index is 0.805. The zero-order chi connectivity index (χ0) is 22.5. The topological polar surface area (TPSA) is 81.1 Å². The molecule has 3 atom stereocenters. The van der Waals surface area contributed by atoms with Crippen LogP contribution in [0.25, 0.3) is 0 Å². The Labute approximate surface area is 190 Å². The number of fused-ring (bicyclic) bond motifs is 2. The van der Waals surface area contributed by atoms with E-state index in [4.69, 9.17) is 19.8 Å². The van der Waals surface area contributed by atoms with E-state index in [1.54, 1.807) is 5.56 Å². The summed E-state index contributed by atoms with van der Waals surface area (Å²) in [4.78, 5) is 23.8. The lowest BCUT2D eigenvalue weighted by Crippen LogP contribution is -2.52. The van der Waals surface area contributed by atoms with Gasteiger partial charge in [-0.3, -0.25) is 4.90 Å². The highest BCUT2D eigenvalue weighted by molar-refractivity contribution is 6.27. The van der Waals surface area contributed by atoms with Gasteiger partial charge in [-0.05, 0) is 67.8 Å². The van der Waals surface area contributed by atoms with Crippen molar-refractivity contribution in [3.05, 3.63) is 48.0 Å². The highest BCUT2D eigenvalue weighted by Crippen LogP contribution is 2.43. The van der Waals surface area contributed by atoms with Crippen molar-refractivity contribution < 1.29 is 19.8 Å². The Hall–Kier alpha value is -2.18. The van der Waals surface area contributed by atoms with Crippen LogP contribution in [0.15, 0.2) is 42.5 Å². The van der Waals surface area contributed by atoms with Crippen LogP contribution in [0.4, 0.5) is 0 Å². The van der Waals surface area contributed by atoms with E-state index in [0.717, 1.165) is 29.7 Å². The lowest BCUT2D eigenvalue weighted by atomic mass is 9.81. The molecule has 0 amide bonds. The third kappa shape index (κ3) is 5.78. The second-order valence-electron chi connectivity index (χ2n) is 9.90. The first-order valence-electron chi connectivity index (χ1n) is 12.2. The third-order valence-electron chi connectivity index (χ3n) is 7.98. The third-order valence-corrected chi connectivity index (χ3v) is 7.98. The lowest BCUT2D eigenvalue weighted by Gasteiger charge is -2.43. The first-order chi connectivity index (χ1) is 15.5. The molecule has 5 rings (SSSR count). The molecule has 1 saturated heterocycles. The number of aliphatic carboxylic acids is 2. The lowest BCUT2D eigenvalue weighted by molar-refractivity contribution is -0.159. The van der Waals surface area contributed by atoms with Gasteiger partial charge in [-0.2, -0.15) is 0 Å². The summed E-state index contributed by atoms with van der Waals surface area (Å²) in [5, 5.41) is 14.8. The van der Waals surface area contributed by atoms with Gasteiger partial charge in [-0.15, -0.1) is 0 Å². The van der Waals surface area contributed by atoms with Crippen LogP contribution in [-0.4, -0.2) is 70.7 Å². The fourth-order valence-corrected chi connectivity index (χ4v) is 6.25. The van der Waals surface area contributed by atoms with E-state index in [1.807, 2.05) is 0 Å². The van der Waals surface area contributed by atoms with Gasteiger partial charge in [0.05, 0.1) is 0 Å². The van der Waals surface area contributed by atoms with Crippen LogP contribution in [-0.2, 0) is 9.59 Å². The van der Waals surface area contributed by atoms with E-state index >= 15 is 0 Å². The van der Waals surface area contributed by atoms with Crippen LogP contribution in [0.5, 0.6) is 0 Å². The molecule has 2 bridgehead atoms. The number of hydrogen-bond donors (Lipinski definition) is 2. The van der Waals surface area contributed by atoms with Gasteiger partial charge in [0, 0.05) is 38.8 Å². The van der Waals surface area contributed by atoms with E-state index in [2.05, 4.69) is 52.3 Å². The molecule has 2 N–H and O–H groups in total. The number of hydrogen-bond acceptors (Lipinski definition) is 4. The van der Waals surface area contributed by atoms with Crippen LogP contribution in [0.1, 0.15) is 50.0 Å². The van der Waals surface area contributed by atoms with Crippen molar-refractivity contribution in [2.75, 3.05) is 32.7 Å². The molecule has 32 heavy (non-hydrogen) atoms. The first-order valence-corrected chi connectivity index (χ1v) is 12.2. The average molecular weight is 441 g/mol. The monoisotopic (exact) mass is 440 g/mol. The summed E-state index contributed by atoms with van der Waals surface area (Å²) in [6.45, 7) is 6.57. The molecule has 1 heterocycles. The van der Waals surface area contributed by atoms with E-state index in [-0.39, 0.29) is 0 Å². The molecule has 0 aromatic heterocycles. The summed E-state index contributed by atoms with van der Waals surface area (Å²) >= 11 is 0. The van der Waals surface area contributed by atoms with Crippen molar-refractivity contribution >= 4 is 11.9 Å². The van der Waals surface area contributed by atoms with E-state index in [1.165, 1.54) is 71.2 Å². The quantitative estimate of drug-likeness (QED) is 0.549. The Morgan fingerprint density at radius 3 is 2.03 bits per heavy atom. The summed E-state index contributed by atoms with van der Waals surface area (Å²) in [5.74, 6) is -0.0557. The summed E-state index contributed by atoms with van der Waals surface area (Å²) in [5.41, 5.74) is 1.57. The Bertz CT molecular complexity index is 783. The SMILES string of the molecule is C1=CC2CC1CC2CN1CCN(C2CCC(c3ccccc3)CC2)CC1.O=C(O)C(=O)O. The highest BCUT2D eigenvalue weighted by Gasteiger charge is 2.37. The van der Waals surface area contributed by atoms with Crippen molar-refractivity contribution in [2.24, 2.45) is 17.8 Å². The van der Waals surface area contributed by atoms with Gasteiger partial charge < -0.3 is 15.1 Å². The zero-order valence-corrected chi connectivity index (χ0v) is 18.8. The number of carboxylic acids is 2. The summed E-state index contributed by atoms with van der Waals surface area (Å²) in [6.07, 6.45) is 13.5. The number of benzene rings is 1. The van der Waals surface area contributed by atoms with Gasteiger partial charge in [-0.1, -0.05) is 42.5 Å². The molecule has 1 aromatic rings. The minimum Gasteiger partial charge on any atom is -0.473 e. The van der Waals surface area contributed by atoms with E-state index in [0.29, 0.717) is 0 Å². The van der Waals surface area contributed by atoms with Crippen molar-refractivity contribution in [1.29, 1.82) is 0 Å².